The molecule has 12 heteroatoms. The minimum absolute atomic E-state index is 0.00878. The van der Waals surface area contributed by atoms with E-state index >= 15 is 0 Å². The lowest BCUT2D eigenvalue weighted by atomic mass is 9.52. The molecule has 1 saturated carbocycles. The molecule has 2 fully saturated rings. The van der Waals surface area contributed by atoms with Gasteiger partial charge < -0.3 is 32.7 Å². The number of morpholine rings is 1. The van der Waals surface area contributed by atoms with Crippen molar-refractivity contribution in [3.8, 4) is 11.1 Å². The summed E-state index contributed by atoms with van der Waals surface area (Å²) in [5, 5.41) is 0.614. The predicted octanol–water partition coefficient (Wildman–Crippen LogP) is 5.69. The average molecular weight is 736 g/mol. The van der Waals surface area contributed by atoms with Gasteiger partial charge >= 0.3 is 11.9 Å². The van der Waals surface area contributed by atoms with Crippen LogP contribution in [-0.4, -0.2) is 76.7 Å². The Hall–Kier alpha value is -5.33. The molecule has 2 aliphatic heterocycles. The van der Waals surface area contributed by atoms with Crippen molar-refractivity contribution in [1.82, 2.24) is 0 Å². The van der Waals surface area contributed by atoms with Crippen molar-refractivity contribution >= 4 is 40.4 Å². The van der Waals surface area contributed by atoms with Crippen LogP contribution in [0.4, 0.5) is 5.88 Å². The highest BCUT2D eigenvalue weighted by Gasteiger charge is 2.64. The van der Waals surface area contributed by atoms with Gasteiger partial charge in [0.2, 0.25) is 5.78 Å². The number of ketones is 2. The Morgan fingerprint density at radius 1 is 0.963 bits per heavy atom. The second-order valence-corrected chi connectivity index (χ2v) is 14.9. The topological polar surface area (TPSA) is 152 Å². The van der Waals surface area contributed by atoms with Crippen molar-refractivity contribution in [2.24, 2.45) is 17.3 Å². The van der Waals surface area contributed by atoms with Gasteiger partial charge in [0.1, 0.15) is 29.3 Å². The fourth-order valence-electron chi connectivity index (χ4n) is 9.35. The van der Waals surface area contributed by atoms with E-state index in [4.69, 9.17) is 27.8 Å². The van der Waals surface area contributed by atoms with E-state index in [2.05, 4.69) is 4.90 Å². The maximum atomic E-state index is 13.7. The zero-order valence-corrected chi connectivity index (χ0v) is 30.6. The molecule has 0 amide bonds. The minimum Gasteiger partial charge on any atom is -0.469 e. The molecule has 0 radical (unpaired) electrons. The van der Waals surface area contributed by atoms with Crippen molar-refractivity contribution in [3.63, 3.8) is 0 Å². The first kappa shape index (κ1) is 35.7. The number of carbonyl (C=O) groups excluding carboxylic acids is 4. The molecule has 4 aromatic rings. The number of anilines is 1. The number of allylic oxidation sites excluding steroid dienone is 1. The highest BCUT2D eigenvalue weighted by molar-refractivity contribution is 6.15. The van der Waals surface area contributed by atoms with Crippen LogP contribution in [0.25, 0.3) is 22.1 Å². The van der Waals surface area contributed by atoms with Gasteiger partial charge in [0, 0.05) is 60.7 Å². The summed E-state index contributed by atoms with van der Waals surface area (Å²) in [5.74, 6) is -1.86. The molecule has 1 saturated heterocycles. The molecule has 54 heavy (non-hydrogen) atoms. The second kappa shape index (κ2) is 13.5. The molecule has 5 aliphatic rings. The van der Waals surface area contributed by atoms with Crippen molar-refractivity contribution in [2.45, 2.75) is 44.6 Å². The van der Waals surface area contributed by atoms with Crippen LogP contribution >= 0.6 is 0 Å². The van der Waals surface area contributed by atoms with Gasteiger partial charge in [-0.1, -0.05) is 49.4 Å². The Kier molecular flexibility index (Phi) is 8.93. The molecule has 12 nitrogen and oxygen atoms in total. The van der Waals surface area contributed by atoms with Gasteiger partial charge in [-0.25, -0.2) is 4.79 Å². The molecule has 5 atom stereocenters. The number of fused-ring (bicyclic) bond motifs is 4. The zero-order valence-electron chi connectivity index (χ0n) is 30.6. The first-order chi connectivity index (χ1) is 26.0. The lowest BCUT2D eigenvalue weighted by molar-refractivity contribution is -0.147. The number of hydrogen-bond acceptors (Lipinski definition) is 12. The van der Waals surface area contributed by atoms with E-state index in [0.717, 1.165) is 24.2 Å². The summed E-state index contributed by atoms with van der Waals surface area (Å²) in [7, 11) is 2.79. The number of ether oxygens (including phenoxy) is 4. The predicted molar refractivity (Wildman–Crippen MR) is 195 cm³/mol. The van der Waals surface area contributed by atoms with Crippen LogP contribution < -0.4 is 10.3 Å². The Morgan fingerprint density at radius 3 is 2.44 bits per heavy atom. The van der Waals surface area contributed by atoms with E-state index in [9.17, 15) is 24.0 Å². The molecule has 280 valence electrons. The summed E-state index contributed by atoms with van der Waals surface area (Å²) in [4.78, 5) is 66.8. The molecule has 0 spiro atoms. The van der Waals surface area contributed by atoms with Gasteiger partial charge in [-0.3, -0.25) is 19.2 Å². The lowest BCUT2D eigenvalue weighted by Gasteiger charge is -2.51. The molecule has 2 aromatic heterocycles. The molecule has 0 N–H and O–H groups in total. The van der Waals surface area contributed by atoms with Gasteiger partial charge in [-0.05, 0) is 37.0 Å². The van der Waals surface area contributed by atoms with Crippen LogP contribution in [-0.2, 0) is 34.0 Å². The molecule has 0 bridgehead atoms. The van der Waals surface area contributed by atoms with Gasteiger partial charge in [0.25, 0.3) is 0 Å². The SMILES string of the molecule is COC[C@H]1OC(=O)c2coc3c2[C@@]1(C)C1=C(C3=O)C2CCC(=O)[C@@]2(C)C[C@H]1C(=O)OC.O=c1cc(N2CCOCC2)oc2c(-c3ccccc3)cccc12. The van der Waals surface area contributed by atoms with Crippen LogP contribution in [0.3, 0.4) is 0 Å². The summed E-state index contributed by atoms with van der Waals surface area (Å²) in [5.41, 5.74) is 2.40. The number of Topliss-reactive ketones (excluding diaryl/α,β-unsaturated/α-hetero) is 2. The maximum Gasteiger partial charge on any atom is 0.342 e. The molecule has 2 aromatic carbocycles. The highest BCUT2D eigenvalue weighted by atomic mass is 16.6. The fourth-order valence-corrected chi connectivity index (χ4v) is 9.35. The van der Waals surface area contributed by atoms with Crippen molar-refractivity contribution < 1.29 is 47.0 Å². The monoisotopic (exact) mass is 735 g/mol. The number of carbonyl (C=O) groups is 4. The third kappa shape index (κ3) is 5.37. The Morgan fingerprint density at radius 2 is 1.72 bits per heavy atom. The number of benzene rings is 2. The smallest absolute Gasteiger partial charge is 0.342 e. The van der Waals surface area contributed by atoms with Crippen LogP contribution in [0.5, 0.6) is 0 Å². The Labute approximate surface area is 311 Å². The standard InChI is InChI=1S/C23H24O8.C19H17NO3/c1-22-7-10(20(26)29-4)16-15(12(22)5-6-13(22)24)18(25)19-17-11(8-30-19)21(27)31-14(9-28-3)23(16,17)2;21-17-13-18(20-9-11-22-12-10-20)23-19-15(7-4-8-16(17)19)14-5-2-1-3-6-14/h8,10,12,14H,5-7,9H2,1-4H3;1-8,13H,9-12H2/t10-,12?,14-,22+,23-;/m1./s1. The molecular weight excluding hydrogens is 694 g/mol. The van der Waals surface area contributed by atoms with Crippen LogP contribution in [0.15, 0.2) is 85.6 Å². The first-order valence-electron chi connectivity index (χ1n) is 18.2. The summed E-state index contributed by atoms with van der Waals surface area (Å²) >= 11 is 0. The zero-order chi connectivity index (χ0) is 37.9. The first-order valence-corrected chi connectivity index (χ1v) is 18.2. The number of methoxy groups -OCH3 is 2. The van der Waals surface area contributed by atoms with E-state index in [0.29, 0.717) is 59.6 Å². The minimum atomic E-state index is -1.02. The van der Waals surface area contributed by atoms with E-state index in [1.165, 1.54) is 20.5 Å². The number of cyclic esters (lactones) is 1. The van der Waals surface area contributed by atoms with E-state index in [1.807, 2.05) is 62.4 Å². The molecule has 4 heterocycles. The molecular formula is C42H41NO11. The molecule has 3 aliphatic carbocycles. The summed E-state index contributed by atoms with van der Waals surface area (Å²) in [6.45, 7) is 6.55. The van der Waals surface area contributed by atoms with Gasteiger partial charge in [-0.15, -0.1) is 0 Å². The fraction of sp³-hybridized carbons (Fsp3) is 0.405. The Bertz CT molecular complexity index is 2280. The number of esters is 2. The summed E-state index contributed by atoms with van der Waals surface area (Å²) in [6, 6.07) is 17.3. The van der Waals surface area contributed by atoms with E-state index in [1.54, 1.807) is 6.07 Å². The number of furan rings is 1. The second-order valence-electron chi connectivity index (χ2n) is 14.9. The summed E-state index contributed by atoms with van der Waals surface area (Å²) < 4.78 is 33.3. The van der Waals surface area contributed by atoms with E-state index in [-0.39, 0.29) is 47.3 Å². The van der Waals surface area contributed by atoms with Gasteiger partial charge in [0.15, 0.2) is 17.1 Å². The number of rotatable bonds is 5. The quantitative estimate of drug-likeness (QED) is 0.232. The van der Waals surface area contributed by atoms with Crippen LogP contribution in [0.1, 0.15) is 59.6 Å². The third-order valence-corrected chi connectivity index (χ3v) is 12.1. The van der Waals surface area contributed by atoms with Crippen molar-refractivity contribution in [1.29, 1.82) is 0 Å². The molecule has 1 unspecified atom stereocenters. The normalized spacial score (nSPS) is 27.1. The van der Waals surface area contributed by atoms with Crippen molar-refractivity contribution in [2.75, 3.05) is 52.0 Å². The van der Waals surface area contributed by atoms with Crippen LogP contribution in [0.2, 0.25) is 0 Å². The van der Waals surface area contributed by atoms with E-state index < -0.39 is 34.8 Å². The summed E-state index contributed by atoms with van der Waals surface area (Å²) in [6.07, 6.45) is 1.61. The highest BCUT2D eigenvalue weighted by Crippen LogP contribution is 2.62. The number of nitrogens with zero attached hydrogens (tertiary/aromatic N) is 1. The average Bonchev–Trinajstić information content (AvgIpc) is 3.78. The van der Waals surface area contributed by atoms with Crippen molar-refractivity contribution in [3.05, 3.63) is 99.1 Å². The van der Waals surface area contributed by atoms with Crippen LogP contribution in [0, 0.1) is 17.3 Å². The number of para-hydroxylation sites is 1. The number of hydrogen-bond donors (Lipinski definition) is 0. The van der Waals surface area contributed by atoms with Gasteiger partial charge in [0.05, 0.1) is 43.6 Å². The largest absolute Gasteiger partial charge is 0.469 e. The van der Waals surface area contributed by atoms with Gasteiger partial charge in [-0.2, -0.15) is 0 Å². The molecule has 9 rings (SSSR count). The maximum absolute atomic E-state index is 13.7. The third-order valence-electron chi connectivity index (χ3n) is 12.1. The lowest BCUT2D eigenvalue weighted by Crippen LogP contribution is -2.56. The Balaban J connectivity index is 0.000000160.